The molecule has 3 fully saturated rings. The molecule has 0 aromatic heterocycles. The van der Waals surface area contributed by atoms with Gasteiger partial charge in [-0.05, 0) is 119 Å². The fraction of sp³-hybridized carbons (Fsp3) is 0.629. The predicted octanol–water partition coefficient (Wildman–Crippen LogP) is 16.0. The Labute approximate surface area is 523 Å². The van der Waals surface area contributed by atoms with Gasteiger partial charge in [0.25, 0.3) is 16.6 Å². The van der Waals surface area contributed by atoms with Crippen molar-refractivity contribution in [1.29, 1.82) is 0 Å². The summed E-state index contributed by atoms with van der Waals surface area (Å²) in [5.41, 5.74) is 1.08. The van der Waals surface area contributed by atoms with Gasteiger partial charge < -0.3 is 37.0 Å². The third-order valence-electron chi connectivity index (χ3n) is 18.5. The number of hydrogen-bond acceptors (Lipinski definition) is 10. The molecule has 8 nitrogen and oxygen atoms in total. The molecule has 4 aromatic carbocycles. The Morgan fingerprint density at radius 3 is 1.54 bits per heavy atom. The maximum atomic E-state index is 7.91. The number of benzene rings is 4. The van der Waals surface area contributed by atoms with Crippen LogP contribution in [0, 0.1) is 5.41 Å². The zero-order chi connectivity index (χ0) is 61.3. The first-order chi connectivity index (χ1) is 39.3. The molecule has 0 N–H and O–H groups in total. The van der Waals surface area contributed by atoms with Gasteiger partial charge in [0, 0.05) is 33.1 Å². The van der Waals surface area contributed by atoms with Gasteiger partial charge in [0.05, 0.1) is 47.8 Å². The molecule has 0 spiro atoms. The zero-order valence-corrected chi connectivity index (χ0v) is 60.8. The molecule has 0 saturated carbocycles. The van der Waals surface area contributed by atoms with E-state index >= 15 is 0 Å². The number of thioether (sulfide) groups is 2. The van der Waals surface area contributed by atoms with Crippen molar-refractivity contribution in [2.45, 2.75) is 229 Å². The summed E-state index contributed by atoms with van der Waals surface area (Å²) in [5.74, 6) is 1.42. The Morgan fingerprint density at radius 1 is 0.583 bits per heavy atom. The Kier molecular flexibility index (Phi) is 23.8. The third kappa shape index (κ3) is 17.2. The zero-order valence-electron chi connectivity index (χ0n) is 55.2. The highest BCUT2D eigenvalue weighted by atomic mass is 32.2. The summed E-state index contributed by atoms with van der Waals surface area (Å²) >= 11 is 4.30. The Balaban J connectivity index is 1.18. The van der Waals surface area contributed by atoms with Crippen molar-refractivity contribution in [1.82, 2.24) is 0 Å². The summed E-state index contributed by atoms with van der Waals surface area (Å²) in [6.45, 7) is 45.1. The van der Waals surface area contributed by atoms with Crippen LogP contribution in [0.1, 0.15) is 135 Å². The fourth-order valence-corrected chi connectivity index (χ4v) is 28.1. The molecule has 0 bridgehead atoms. The molecule has 84 heavy (non-hydrogen) atoms. The van der Waals surface area contributed by atoms with Crippen LogP contribution in [0.2, 0.25) is 53.9 Å². The van der Waals surface area contributed by atoms with Gasteiger partial charge in [0.1, 0.15) is 6.79 Å². The second-order valence-electron chi connectivity index (χ2n) is 30.1. The first-order valence-corrected chi connectivity index (χ1v) is 44.0. The van der Waals surface area contributed by atoms with Crippen LogP contribution in [-0.2, 0) is 37.0 Å². The van der Waals surface area contributed by atoms with Crippen LogP contribution < -0.4 is 20.7 Å². The van der Waals surface area contributed by atoms with Gasteiger partial charge in [-0.25, -0.2) is 0 Å². The van der Waals surface area contributed by atoms with E-state index in [2.05, 4.69) is 274 Å². The monoisotopic (exact) mass is 1250 g/mol. The van der Waals surface area contributed by atoms with E-state index in [1.54, 1.807) is 0 Å². The van der Waals surface area contributed by atoms with E-state index in [0.29, 0.717) is 19.8 Å². The van der Waals surface area contributed by atoms with Crippen LogP contribution in [0.4, 0.5) is 0 Å². The maximum absolute atomic E-state index is 7.91. The van der Waals surface area contributed by atoms with Gasteiger partial charge in [-0.2, -0.15) is 0 Å². The summed E-state index contributed by atoms with van der Waals surface area (Å²) in [5, 5.41) is 4.94. The highest BCUT2D eigenvalue weighted by molar-refractivity contribution is 8.18. The molecule has 0 aliphatic carbocycles. The molecular weight excluding hydrogens is 1150 g/mol. The van der Waals surface area contributed by atoms with E-state index in [9.17, 15) is 0 Å². The van der Waals surface area contributed by atoms with Crippen LogP contribution in [0.15, 0.2) is 133 Å². The number of rotatable bonds is 26. The third-order valence-corrected chi connectivity index (χ3v) is 38.7. The molecule has 0 radical (unpaired) electrons. The minimum Gasteiger partial charge on any atom is -0.413 e. The van der Waals surface area contributed by atoms with Gasteiger partial charge in [-0.3, -0.25) is 0 Å². The molecule has 3 aliphatic heterocycles. The summed E-state index contributed by atoms with van der Waals surface area (Å²) in [6, 6.07) is 45.1. The average molecular weight is 1260 g/mol. The van der Waals surface area contributed by atoms with E-state index in [1.165, 1.54) is 32.7 Å². The standard InChI is InChI=1S/C70H110O8S2Si4/c1-65(2,3)82(17,18)78-64(51-57-50-56(76-69(12,13)77-57)41-43-74-84(67(7,8)9,62-36-27-21-28-37-62)63-38-29-22-30-39-63)68(10,11)70(79-45-31-46-80-70)52-58-48-55(49-59(75-58)53-72-54-71-44-47-81(14,15)16)40-42-73-83(66(4,5)6,60-32-23-19-24-33-60)61-34-25-20-26-35-61/h19-30,32-40,56-59,64H,31,41-54H2,1-18H3/b55-40-/t56-,57-,58+,59-,64+/m1/s1. The lowest BCUT2D eigenvalue weighted by atomic mass is 9.76. The maximum Gasteiger partial charge on any atom is 0.261 e. The number of ether oxygens (including phenoxy) is 5. The molecule has 3 heterocycles. The highest BCUT2D eigenvalue weighted by Gasteiger charge is 2.57. The molecule has 0 unspecified atom stereocenters. The molecule has 4 aromatic rings. The second-order valence-corrected chi connectivity index (χ2v) is 52.1. The second kappa shape index (κ2) is 28.8. The molecule has 3 aliphatic rings. The topological polar surface area (TPSA) is 73.8 Å². The van der Waals surface area contributed by atoms with E-state index in [-0.39, 0.29) is 61.9 Å². The van der Waals surface area contributed by atoms with Crippen molar-refractivity contribution < 1.29 is 37.0 Å². The normalized spacial score (nSPS) is 22.2. The average Bonchev–Trinajstić information content (AvgIpc) is 2.73. The van der Waals surface area contributed by atoms with Crippen LogP contribution in [0.3, 0.4) is 0 Å². The van der Waals surface area contributed by atoms with Crippen molar-refractivity contribution >= 4 is 77.3 Å². The van der Waals surface area contributed by atoms with Gasteiger partial charge in [-0.1, -0.05) is 229 Å². The molecule has 14 heteroatoms. The van der Waals surface area contributed by atoms with E-state index < -0.39 is 38.8 Å². The van der Waals surface area contributed by atoms with Crippen LogP contribution >= 0.6 is 23.5 Å². The van der Waals surface area contributed by atoms with Crippen LogP contribution in [-0.4, -0.2) is 118 Å². The lowest BCUT2D eigenvalue weighted by molar-refractivity contribution is -0.305. The Morgan fingerprint density at radius 2 is 1.06 bits per heavy atom. The van der Waals surface area contributed by atoms with Crippen LogP contribution in [0.5, 0.6) is 0 Å². The van der Waals surface area contributed by atoms with Gasteiger partial charge in [0.15, 0.2) is 14.1 Å². The first kappa shape index (κ1) is 69.3. The largest absolute Gasteiger partial charge is 0.413 e. The van der Waals surface area contributed by atoms with Crippen molar-refractivity contribution in [2.24, 2.45) is 5.41 Å². The van der Waals surface area contributed by atoms with Crippen molar-refractivity contribution in [3.8, 4) is 0 Å². The molecule has 466 valence electrons. The minimum absolute atomic E-state index is 0.00624. The minimum atomic E-state index is -2.77. The van der Waals surface area contributed by atoms with E-state index in [1.807, 2.05) is 0 Å². The van der Waals surface area contributed by atoms with Crippen molar-refractivity contribution in [2.75, 3.05) is 44.7 Å². The SMILES string of the molecule is CC1(C)O[C@H](CCO[Si](c2ccccc2)(c2ccccc2)C(C)(C)C)C[C@H](C[C@H](O[Si](C)(C)C(C)(C)C)C(C)(C)C2(C[C@@H]3C/C(=C/CO[Si](c4ccccc4)(c4ccccc4)C(C)(C)C)C[C@H](COCOCC[Si](C)(C)C)O3)SCCCS2)O1. The molecule has 5 atom stereocenters. The molecular formula is C70H110O8S2Si4. The van der Waals surface area contributed by atoms with E-state index in [0.717, 1.165) is 62.7 Å². The summed E-state index contributed by atoms with van der Waals surface area (Å²) in [6.07, 6.45) is 8.04. The summed E-state index contributed by atoms with van der Waals surface area (Å²) in [7, 11) is -9.08. The summed E-state index contributed by atoms with van der Waals surface area (Å²) in [4.78, 5) is 0. The number of hydrogen-bond donors (Lipinski definition) is 0. The lowest BCUT2D eigenvalue weighted by Crippen LogP contribution is -2.66. The quantitative estimate of drug-likeness (QED) is 0.0263. The Hall–Kier alpha value is -2.13. The van der Waals surface area contributed by atoms with Gasteiger partial charge in [0.2, 0.25) is 0 Å². The first-order valence-electron chi connectivity index (χ1n) is 31.6. The predicted molar refractivity (Wildman–Crippen MR) is 368 cm³/mol. The highest BCUT2D eigenvalue weighted by Crippen LogP contribution is 2.60. The molecule has 7 rings (SSSR count). The van der Waals surface area contributed by atoms with Crippen molar-refractivity contribution in [3.05, 3.63) is 133 Å². The Bertz CT molecular complexity index is 2560. The molecule has 0 amide bonds. The van der Waals surface area contributed by atoms with Crippen LogP contribution in [0.25, 0.3) is 0 Å². The van der Waals surface area contributed by atoms with Crippen molar-refractivity contribution in [3.63, 3.8) is 0 Å². The van der Waals surface area contributed by atoms with E-state index in [4.69, 9.17) is 37.0 Å². The lowest BCUT2D eigenvalue weighted by Gasteiger charge is -2.56. The summed E-state index contributed by atoms with van der Waals surface area (Å²) < 4.78 is 56.5. The van der Waals surface area contributed by atoms with Gasteiger partial charge in [-0.15, -0.1) is 23.5 Å². The fourth-order valence-electron chi connectivity index (χ4n) is 12.9. The molecule has 3 saturated heterocycles. The van der Waals surface area contributed by atoms with Gasteiger partial charge >= 0.3 is 0 Å². The smallest absolute Gasteiger partial charge is 0.261 e.